The number of benzene rings is 2. The number of aryl methyl sites for hydroxylation is 2. The Bertz CT molecular complexity index is 1150. The van der Waals surface area contributed by atoms with Crippen molar-refractivity contribution in [3.63, 3.8) is 0 Å². The molecule has 1 amide bonds. The summed E-state index contributed by atoms with van der Waals surface area (Å²) in [6, 6.07) is 12.5. The van der Waals surface area contributed by atoms with Gasteiger partial charge in [0.2, 0.25) is 0 Å². The van der Waals surface area contributed by atoms with Crippen molar-refractivity contribution in [3.8, 4) is 5.75 Å². The normalized spacial score (nSPS) is 12.2. The minimum Gasteiger partial charge on any atom is -0.508 e. The molecule has 0 aliphatic rings. The van der Waals surface area contributed by atoms with E-state index in [0.29, 0.717) is 11.4 Å². The number of thiazole rings is 1. The fraction of sp³-hybridized carbons (Fsp3) is 0.143. The Hall–Kier alpha value is -3.19. The van der Waals surface area contributed by atoms with E-state index in [4.69, 9.17) is 0 Å². The Morgan fingerprint density at radius 2 is 2.00 bits per heavy atom. The molecule has 1 atom stereocenters. The monoisotopic (exact) mass is 395 g/mol. The van der Waals surface area contributed by atoms with Crippen LogP contribution >= 0.6 is 11.3 Å². The molecule has 7 heteroatoms. The molecule has 0 radical (unpaired) electrons. The number of nitrogens with one attached hydrogen (secondary N) is 2. The number of carbonyl (C=O) groups excluding carboxylic acids is 1. The molecule has 0 saturated carbocycles. The molecule has 3 N–H and O–H groups in total. The number of para-hydroxylation sites is 1. The topological polar surface area (TPSA) is 78.0 Å². The number of hydrogen-bond donors (Lipinski definition) is 3. The molecule has 0 fully saturated rings. The van der Waals surface area contributed by atoms with Gasteiger partial charge in [0, 0.05) is 21.7 Å². The van der Waals surface area contributed by atoms with E-state index in [1.165, 1.54) is 29.5 Å². The summed E-state index contributed by atoms with van der Waals surface area (Å²) in [6.07, 6.45) is 0. The van der Waals surface area contributed by atoms with Crippen LogP contribution in [-0.2, 0) is 0 Å². The summed E-state index contributed by atoms with van der Waals surface area (Å²) in [5.74, 6) is -0.977. The maximum Gasteiger partial charge on any atom is 0.271 e. The quantitative estimate of drug-likeness (QED) is 0.472. The van der Waals surface area contributed by atoms with Gasteiger partial charge in [-0.3, -0.25) is 4.79 Å². The molecular weight excluding hydrogens is 377 g/mol. The number of fused-ring (bicyclic) bond motifs is 1. The first-order valence-corrected chi connectivity index (χ1v) is 9.55. The van der Waals surface area contributed by atoms with Gasteiger partial charge in [-0.25, -0.2) is 9.37 Å². The van der Waals surface area contributed by atoms with Crippen LogP contribution in [0.25, 0.3) is 10.9 Å². The average molecular weight is 395 g/mol. The van der Waals surface area contributed by atoms with E-state index in [1.807, 2.05) is 44.2 Å². The van der Waals surface area contributed by atoms with Gasteiger partial charge in [-0.15, -0.1) is 11.3 Å². The van der Waals surface area contributed by atoms with Gasteiger partial charge in [0.1, 0.15) is 17.3 Å². The van der Waals surface area contributed by atoms with Gasteiger partial charge >= 0.3 is 0 Å². The van der Waals surface area contributed by atoms with Crippen LogP contribution in [0.5, 0.6) is 5.75 Å². The fourth-order valence-electron chi connectivity index (χ4n) is 3.27. The summed E-state index contributed by atoms with van der Waals surface area (Å²) in [5.41, 5.74) is 2.12. The molecule has 0 spiro atoms. The van der Waals surface area contributed by atoms with Gasteiger partial charge in [-0.1, -0.05) is 18.2 Å². The first-order chi connectivity index (χ1) is 13.4. The van der Waals surface area contributed by atoms with Crippen LogP contribution in [-0.4, -0.2) is 21.0 Å². The van der Waals surface area contributed by atoms with Crippen molar-refractivity contribution < 1.29 is 14.3 Å². The molecule has 28 heavy (non-hydrogen) atoms. The Morgan fingerprint density at radius 3 is 2.71 bits per heavy atom. The number of phenolic OH excluding ortho intramolecular Hbond substituents is 1. The Kier molecular flexibility index (Phi) is 4.60. The highest BCUT2D eigenvalue weighted by Gasteiger charge is 2.25. The number of hydrogen-bond acceptors (Lipinski definition) is 4. The molecule has 4 aromatic rings. The van der Waals surface area contributed by atoms with Crippen molar-refractivity contribution in [1.82, 2.24) is 15.3 Å². The molecule has 4 rings (SSSR count). The number of aromatic nitrogens is 2. The van der Waals surface area contributed by atoms with E-state index in [0.717, 1.165) is 20.8 Å². The van der Waals surface area contributed by atoms with Crippen molar-refractivity contribution in [3.05, 3.63) is 81.2 Å². The van der Waals surface area contributed by atoms with Gasteiger partial charge in [0.15, 0.2) is 0 Å². The van der Waals surface area contributed by atoms with Crippen LogP contribution in [0, 0.1) is 19.7 Å². The van der Waals surface area contributed by atoms with Crippen molar-refractivity contribution in [2.24, 2.45) is 0 Å². The standard InChI is InChI=1S/C21H18FN3O2S/c1-11-19(23-12(2)28-11)21(27)25-20(15-10-14(22)7-8-18(15)26)17-9-13-5-3-4-6-16(13)24-17/h3-10,20,24,26H,1-2H3,(H,25,27). The molecule has 2 aromatic heterocycles. The summed E-state index contributed by atoms with van der Waals surface area (Å²) < 4.78 is 13.9. The van der Waals surface area contributed by atoms with Crippen LogP contribution in [0.15, 0.2) is 48.5 Å². The number of rotatable bonds is 4. The van der Waals surface area contributed by atoms with E-state index < -0.39 is 11.9 Å². The molecule has 5 nitrogen and oxygen atoms in total. The summed E-state index contributed by atoms with van der Waals surface area (Å²) in [4.78, 5) is 21.2. The second kappa shape index (κ2) is 7.09. The minimum absolute atomic E-state index is 0.100. The molecule has 0 aliphatic carbocycles. The van der Waals surface area contributed by atoms with Crippen LogP contribution in [0.2, 0.25) is 0 Å². The first-order valence-electron chi connectivity index (χ1n) is 8.73. The Balaban J connectivity index is 1.80. The number of aromatic amines is 1. The van der Waals surface area contributed by atoms with Gasteiger partial charge < -0.3 is 15.4 Å². The average Bonchev–Trinajstić information content (AvgIpc) is 3.24. The summed E-state index contributed by atoms with van der Waals surface area (Å²) in [6.45, 7) is 3.67. The van der Waals surface area contributed by atoms with Crippen molar-refractivity contribution in [2.75, 3.05) is 0 Å². The smallest absolute Gasteiger partial charge is 0.271 e. The number of phenols is 1. The molecule has 2 heterocycles. The molecule has 142 valence electrons. The van der Waals surface area contributed by atoms with E-state index >= 15 is 0 Å². The lowest BCUT2D eigenvalue weighted by Gasteiger charge is -2.19. The predicted octanol–water partition coefficient (Wildman–Crippen LogP) is 4.61. The zero-order chi connectivity index (χ0) is 19.8. The van der Waals surface area contributed by atoms with Crippen LogP contribution in [0.1, 0.15) is 37.7 Å². The fourth-order valence-corrected chi connectivity index (χ4v) is 4.09. The van der Waals surface area contributed by atoms with E-state index in [1.54, 1.807) is 0 Å². The lowest BCUT2D eigenvalue weighted by Crippen LogP contribution is -2.30. The summed E-state index contributed by atoms with van der Waals surface area (Å²) in [5, 5.41) is 15.0. The van der Waals surface area contributed by atoms with E-state index in [2.05, 4.69) is 15.3 Å². The number of carbonyl (C=O) groups is 1. The van der Waals surface area contributed by atoms with Crippen molar-refractivity contribution >= 4 is 28.1 Å². The largest absolute Gasteiger partial charge is 0.508 e. The minimum atomic E-state index is -0.767. The van der Waals surface area contributed by atoms with E-state index in [-0.39, 0.29) is 17.2 Å². The second-order valence-corrected chi connectivity index (χ2v) is 7.97. The first kappa shape index (κ1) is 18.2. The van der Waals surface area contributed by atoms with Crippen LogP contribution < -0.4 is 5.32 Å². The highest BCUT2D eigenvalue weighted by atomic mass is 32.1. The summed E-state index contributed by atoms with van der Waals surface area (Å²) in [7, 11) is 0. The SMILES string of the molecule is Cc1nc(C(=O)NC(c2cc3ccccc3[nH]2)c2cc(F)ccc2O)c(C)s1. The summed E-state index contributed by atoms with van der Waals surface area (Å²) >= 11 is 1.44. The number of amides is 1. The zero-order valence-electron chi connectivity index (χ0n) is 15.3. The third-order valence-electron chi connectivity index (χ3n) is 4.56. The molecule has 0 aliphatic heterocycles. The number of aromatic hydroxyl groups is 1. The molecule has 0 bridgehead atoms. The Morgan fingerprint density at radius 1 is 1.21 bits per heavy atom. The van der Waals surface area contributed by atoms with Crippen molar-refractivity contribution in [1.29, 1.82) is 0 Å². The van der Waals surface area contributed by atoms with Gasteiger partial charge in [0.05, 0.1) is 11.0 Å². The lowest BCUT2D eigenvalue weighted by molar-refractivity contribution is 0.0937. The molecule has 2 aromatic carbocycles. The third-order valence-corrected chi connectivity index (χ3v) is 5.44. The molecule has 0 saturated heterocycles. The van der Waals surface area contributed by atoms with Gasteiger partial charge in [-0.2, -0.15) is 0 Å². The number of halogens is 1. The van der Waals surface area contributed by atoms with E-state index in [9.17, 15) is 14.3 Å². The predicted molar refractivity (Wildman–Crippen MR) is 107 cm³/mol. The Labute approximate surface area is 164 Å². The highest BCUT2D eigenvalue weighted by molar-refractivity contribution is 7.11. The maximum absolute atomic E-state index is 13.9. The molecule has 1 unspecified atom stereocenters. The maximum atomic E-state index is 13.9. The molecular formula is C21H18FN3O2S. The number of nitrogens with zero attached hydrogens (tertiary/aromatic N) is 1. The van der Waals surface area contributed by atoms with Crippen molar-refractivity contribution in [2.45, 2.75) is 19.9 Å². The zero-order valence-corrected chi connectivity index (χ0v) is 16.1. The lowest BCUT2D eigenvalue weighted by atomic mass is 10.0. The van der Waals surface area contributed by atoms with Crippen LogP contribution in [0.4, 0.5) is 4.39 Å². The highest BCUT2D eigenvalue weighted by Crippen LogP contribution is 2.32. The van der Waals surface area contributed by atoms with Crippen LogP contribution in [0.3, 0.4) is 0 Å². The second-order valence-electron chi connectivity index (χ2n) is 6.56. The van der Waals surface area contributed by atoms with Gasteiger partial charge in [-0.05, 0) is 49.6 Å². The third kappa shape index (κ3) is 3.36. The number of H-pyrrole nitrogens is 1. The van der Waals surface area contributed by atoms with Gasteiger partial charge in [0.25, 0.3) is 5.91 Å².